The van der Waals surface area contributed by atoms with E-state index in [0.29, 0.717) is 11.6 Å². The van der Waals surface area contributed by atoms with Gasteiger partial charge in [0.2, 0.25) is 0 Å². The summed E-state index contributed by atoms with van der Waals surface area (Å²) in [5.41, 5.74) is 5.29. The number of nitrogens with zero attached hydrogens (tertiary/aromatic N) is 2. The number of piperidine rings is 1. The van der Waals surface area contributed by atoms with Crippen LogP contribution in [0.4, 0.5) is 0 Å². The molecule has 0 saturated carbocycles. The van der Waals surface area contributed by atoms with E-state index >= 15 is 0 Å². The third-order valence-corrected chi connectivity index (χ3v) is 6.90. The summed E-state index contributed by atoms with van der Waals surface area (Å²) >= 11 is 0. The van der Waals surface area contributed by atoms with E-state index in [1.165, 1.54) is 30.2 Å². The first-order valence-corrected chi connectivity index (χ1v) is 11.6. The lowest BCUT2D eigenvalue weighted by molar-refractivity contribution is 0.0623. The number of fused-ring (bicyclic) bond motifs is 1. The molecule has 3 heterocycles. The molecule has 1 amide bonds. The van der Waals surface area contributed by atoms with Crippen LogP contribution in [0.15, 0.2) is 48.5 Å². The summed E-state index contributed by atoms with van der Waals surface area (Å²) in [7, 11) is 0. The lowest BCUT2D eigenvalue weighted by atomic mass is 9.90. The summed E-state index contributed by atoms with van der Waals surface area (Å²) in [6.07, 6.45) is 3.73. The maximum absolute atomic E-state index is 13.1. The quantitative estimate of drug-likeness (QED) is 0.543. The first-order chi connectivity index (χ1) is 15.7. The van der Waals surface area contributed by atoms with E-state index in [1.54, 1.807) is 0 Å². The van der Waals surface area contributed by atoms with Gasteiger partial charge in [-0.1, -0.05) is 30.3 Å². The maximum Gasteiger partial charge on any atom is 0.270 e. The molecular formula is C26H31N5O. The molecule has 166 valence electrons. The summed E-state index contributed by atoms with van der Waals surface area (Å²) < 4.78 is 0. The predicted octanol–water partition coefficient (Wildman–Crippen LogP) is 3.59. The Morgan fingerprint density at radius 2 is 1.75 bits per heavy atom. The average Bonchev–Trinajstić information content (AvgIpc) is 3.29. The van der Waals surface area contributed by atoms with Crippen molar-refractivity contribution in [3.05, 3.63) is 70.9 Å². The molecule has 3 aromatic rings. The maximum atomic E-state index is 13.1. The molecule has 5 rings (SSSR count). The molecule has 3 N–H and O–H groups in total. The molecule has 2 aliphatic heterocycles. The minimum absolute atomic E-state index is 0.0969. The zero-order valence-corrected chi connectivity index (χ0v) is 18.4. The van der Waals surface area contributed by atoms with Crippen LogP contribution in [-0.2, 0) is 6.54 Å². The summed E-state index contributed by atoms with van der Waals surface area (Å²) in [6, 6.07) is 16.8. The molecule has 2 fully saturated rings. The summed E-state index contributed by atoms with van der Waals surface area (Å²) in [6.45, 7) is 6.28. The van der Waals surface area contributed by atoms with Crippen molar-refractivity contribution in [1.82, 2.24) is 20.1 Å². The smallest absolute Gasteiger partial charge is 0.270 e. The van der Waals surface area contributed by atoms with E-state index in [2.05, 4.69) is 45.5 Å². The Labute approximate surface area is 189 Å². The molecule has 0 radical (unpaired) electrons. The highest BCUT2D eigenvalue weighted by Crippen LogP contribution is 2.28. The fraction of sp³-hybridized carbons (Fsp3) is 0.385. The molecule has 0 atom stereocenters. The highest BCUT2D eigenvalue weighted by atomic mass is 16.2. The number of carbonyl (C=O) groups is 1. The van der Waals surface area contributed by atoms with Crippen LogP contribution < -0.4 is 5.32 Å². The van der Waals surface area contributed by atoms with Gasteiger partial charge in [-0.05, 0) is 66.7 Å². The van der Waals surface area contributed by atoms with Crippen LogP contribution in [0.2, 0.25) is 0 Å². The first kappa shape index (κ1) is 20.9. The van der Waals surface area contributed by atoms with Gasteiger partial charge in [-0.3, -0.25) is 9.69 Å². The van der Waals surface area contributed by atoms with E-state index in [9.17, 15) is 4.79 Å². The van der Waals surface area contributed by atoms with Gasteiger partial charge in [0.1, 0.15) is 5.69 Å². The number of hydrogen-bond acceptors (Lipinski definition) is 4. The van der Waals surface area contributed by atoms with Crippen molar-refractivity contribution in [2.45, 2.75) is 25.3 Å². The van der Waals surface area contributed by atoms with Gasteiger partial charge in [0.15, 0.2) is 0 Å². The predicted molar refractivity (Wildman–Crippen MR) is 129 cm³/mol. The standard InChI is InChI=1S/C26H31N5O/c27-17-19-1-3-20(4-2-19)18-30-11-13-31(14-12-30)26(32)25-16-23-15-22(5-6-24(23)29-25)21-7-9-28-10-8-21/h1-6,15-17,21,27-29H,7-14,18H2. The van der Waals surface area contributed by atoms with Gasteiger partial charge in [-0.25, -0.2) is 0 Å². The van der Waals surface area contributed by atoms with Crippen LogP contribution >= 0.6 is 0 Å². The Hall–Kier alpha value is -2.96. The molecule has 2 saturated heterocycles. The van der Waals surface area contributed by atoms with Crippen molar-refractivity contribution in [3.8, 4) is 0 Å². The third-order valence-electron chi connectivity index (χ3n) is 6.90. The molecule has 32 heavy (non-hydrogen) atoms. The minimum atomic E-state index is 0.0969. The Balaban J connectivity index is 1.21. The van der Waals surface area contributed by atoms with Gasteiger partial charge < -0.3 is 20.6 Å². The number of hydrogen-bond donors (Lipinski definition) is 3. The highest BCUT2D eigenvalue weighted by Gasteiger charge is 2.24. The summed E-state index contributed by atoms with van der Waals surface area (Å²) in [5.74, 6) is 0.712. The number of aromatic amines is 1. The summed E-state index contributed by atoms with van der Waals surface area (Å²) in [5, 5.41) is 11.9. The molecular weight excluding hydrogens is 398 g/mol. The molecule has 2 aromatic carbocycles. The minimum Gasteiger partial charge on any atom is -0.351 e. The monoisotopic (exact) mass is 429 g/mol. The number of amides is 1. The fourth-order valence-electron chi connectivity index (χ4n) is 4.93. The van der Waals surface area contributed by atoms with E-state index in [-0.39, 0.29) is 5.91 Å². The van der Waals surface area contributed by atoms with Crippen LogP contribution in [0.5, 0.6) is 0 Å². The number of rotatable bonds is 5. The van der Waals surface area contributed by atoms with Crippen LogP contribution in [0.1, 0.15) is 45.9 Å². The van der Waals surface area contributed by atoms with E-state index in [0.717, 1.165) is 62.3 Å². The van der Waals surface area contributed by atoms with Crippen molar-refractivity contribution in [2.24, 2.45) is 0 Å². The number of H-pyrrole nitrogens is 1. The number of piperazine rings is 1. The van der Waals surface area contributed by atoms with Crippen LogP contribution in [0, 0.1) is 5.41 Å². The molecule has 1 aromatic heterocycles. The Kier molecular flexibility index (Phi) is 6.06. The summed E-state index contributed by atoms with van der Waals surface area (Å²) in [4.78, 5) is 20.8. The number of carbonyl (C=O) groups excluding carboxylic acids is 1. The van der Waals surface area contributed by atoms with Crippen molar-refractivity contribution in [3.63, 3.8) is 0 Å². The van der Waals surface area contributed by atoms with Gasteiger partial charge in [0.05, 0.1) is 0 Å². The lowest BCUT2D eigenvalue weighted by Gasteiger charge is -2.34. The van der Waals surface area contributed by atoms with Gasteiger partial charge in [-0.15, -0.1) is 0 Å². The Morgan fingerprint density at radius 3 is 2.47 bits per heavy atom. The molecule has 2 aliphatic rings. The SMILES string of the molecule is N=Cc1ccc(CN2CCN(C(=O)c3cc4cc(C5CCNCC5)ccc4[nH]3)CC2)cc1. The average molecular weight is 430 g/mol. The second-order valence-corrected chi connectivity index (χ2v) is 9.01. The number of benzene rings is 2. The fourth-order valence-corrected chi connectivity index (χ4v) is 4.93. The van der Waals surface area contributed by atoms with Gasteiger partial charge >= 0.3 is 0 Å². The second kappa shape index (κ2) is 9.27. The van der Waals surface area contributed by atoms with Gasteiger partial charge in [0, 0.05) is 49.8 Å². The molecule has 6 nitrogen and oxygen atoms in total. The second-order valence-electron chi connectivity index (χ2n) is 9.01. The van der Waals surface area contributed by atoms with Crippen LogP contribution in [-0.4, -0.2) is 66.2 Å². The van der Waals surface area contributed by atoms with Gasteiger partial charge in [-0.2, -0.15) is 0 Å². The zero-order valence-electron chi connectivity index (χ0n) is 18.4. The lowest BCUT2D eigenvalue weighted by Crippen LogP contribution is -2.48. The van der Waals surface area contributed by atoms with Gasteiger partial charge in [0.25, 0.3) is 5.91 Å². The molecule has 0 aliphatic carbocycles. The number of aromatic nitrogens is 1. The molecule has 0 spiro atoms. The third kappa shape index (κ3) is 4.47. The van der Waals surface area contributed by atoms with Crippen molar-refractivity contribution in [1.29, 1.82) is 5.41 Å². The largest absolute Gasteiger partial charge is 0.351 e. The van der Waals surface area contributed by atoms with E-state index in [1.807, 2.05) is 23.1 Å². The van der Waals surface area contributed by atoms with E-state index < -0.39 is 0 Å². The van der Waals surface area contributed by atoms with Crippen molar-refractivity contribution < 1.29 is 4.79 Å². The zero-order chi connectivity index (χ0) is 21.9. The van der Waals surface area contributed by atoms with Crippen molar-refractivity contribution >= 4 is 23.0 Å². The Bertz CT molecular complexity index is 1090. The highest BCUT2D eigenvalue weighted by molar-refractivity contribution is 5.98. The Morgan fingerprint density at radius 1 is 1.00 bits per heavy atom. The molecule has 6 heteroatoms. The number of nitrogens with one attached hydrogen (secondary N) is 3. The van der Waals surface area contributed by atoms with Crippen molar-refractivity contribution in [2.75, 3.05) is 39.3 Å². The van der Waals surface area contributed by atoms with Crippen LogP contribution in [0.3, 0.4) is 0 Å². The molecule has 0 bridgehead atoms. The normalized spacial score (nSPS) is 18.2. The van der Waals surface area contributed by atoms with E-state index in [4.69, 9.17) is 5.41 Å². The van der Waals surface area contributed by atoms with Crippen LogP contribution in [0.25, 0.3) is 10.9 Å². The molecule has 0 unspecified atom stereocenters. The first-order valence-electron chi connectivity index (χ1n) is 11.6. The topological polar surface area (TPSA) is 75.2 Å².